The Morgan fingerprint density at radius 3 is 1.40 bits per heavy atom. The summed E-state index contributed by atoms with van der Waals surface area (Å²) < 4.78 is 0. The van der Waals surface area contributed by atoms with Gasteiger partial charge < -0.3 is 11.5 Å². The van der Waals surface area contributed by atoms with Crippen molar-refractivity contribution in [3.8, 4) is 0 Å². The van der Waals surface area contributed by atoms with Gasteiger partial charge in [0.2, 0.25) is 0 Å². The summed E-state index contributed by atoms with van der Waals surface area (Å²) in [5, 5.41) is 0.000000000000000222. The molecular weight excluding hydrogens is 111 g/mol. The minimum Gasteiger partial charge on any atom is -0.377 e. The molecule has 0 fully saturated rings. The van der Waals surface area contributed by atoms with Crippen LogP contribution < -0.4 is 11.5 Å². The van der Waals surface area contributed by atoms with Crippen LogP contribution >= 0.6 is 12.2 Å². The van der Waals surface area contributed by atoms with Crippen molar-refractivity contribution in [3.63, 3.8) is 0 Å². The molecule has 4 N–H and O–H groups in total. The molecule has 0 bridgehead atoms. The molecule has 1 radical (unpaired) electrons. The molecule has 0 saturated heterocycles. The van der Waals surface area contributed by atoms with E-state index < -0.39 is 0 Å². The number of hydrogen-bond donors (Lipinski definition) is 2. The molecule has 0 amide bonds. The molecular formula is CH4KN2S. The zero-order valence-electron chi connectivity index (χ0n) is 3.06. The van der Waals surface area contributed by atoms with Crippen LogP contribution in [0.1, 0.15) is 0 Å². The van der Waals surface area contributed by atoms with Gasteiger partial charge in [-0.15, -0.1) is 0 Å². The summed E-state index contributed by atoms with van der Waals surface area (Å²) in [7, 11) is 0. The first-order valence-corrected chi connectivity index (χ1v) is 1.19. The fraction of sp³-hybridized carbons (Fsp3) is 0. The van der Waals surface area contributed by atoms with E-state index in [1.54, 1.807) is 0 Å². The van der Waals surface area contributed by atoms with Gasteiger partial charge >= 0.3 is 0 Å². The number of rotatable bonds is 0. The zero-order chi connectivity index (χ0) is 3.58. The monoisotopic (exact) mass is 115 g/mol. The Hall–Kier alpha value is 1.33. The van der Waals surface area contributed by atoms with E-state index >= 15 is 0 Å². The van der Waals surface area contributed by atoms with E-state index in [9.17, 15) is 0 Å². The summed E-state index contributed by atoms with van der Waals surface area (Å²) in [6.07, 6.45) is 0. The first kappa shape index (κ1) is 9.59. The van der Waals surface area contributed by atoms with Gasteiger partial charge in [-0.05, 0) is 12.2 Å². The van der Waals surface area contributed by atoms with Crippen molar-refractivity contribution in [2.45, 2.75) is 0 Å². The molecule has 0 aliphatic carbocycles. The fourth-order valence-electron chi connectivity index (χ4n) is 0. The summed E-state index contributed by atoms with van der Waals surface area (Å²) in [6, 6.07) is 0. The Morgan fingerprint density at radius 2 is 1.40 bits per heavy atom. The smallest absolute Gasteiger partial charge is 0.160 e. The van der Waals surface area contributed by atoms with Crippen LogP contribution in [0.25, 0.3) is 0 Å². The molecule has 0 aliphatic heterocycles. The second kappa shape index (κ2) is 5.33. The number of thiocarbonyl (C=S) groups is 1. The largest absolute Gasteiger partial charge is 0.377 e. The predicted molar refractivity (Wildman–Crippen MR) is 26.7 cm³/mol. The molecule has 4 heteroatoms. The Morgan fingerprint density at radius 1 is 1.40 bits per heavy atom. The average molecular weight is 115 g/mol. The van der Waals surface area contributed by atoms with Crippen molar-refractivity contribution < 1.29 is 0 Å². The molecule has 0 aromatic rings. The molecule has 0 heterocycles. The molecule has 25 valence electrons. The van der Waals surface area contributed by atoms with E-state index in [2.05, 4.69) is 23.7 Å². The van der Waals surface area contributed by atoms with Gasteiger partial charge in [-0.2, -0.15) is 0 Å². The Labute approximate surface area is 78.7 Å². The van der Waals surface area contributed by atoms with Crippen LogP contribution in [-0.4, -0.2) is 56.5 Å². The maximum atomic E-state index is 4.62. The van der Waals surface area contributed by atoms with Crippen LogP contribution in [0.4, 0.5) is 0 Å². The molecule has 0 aliphatic rings. The molecule has 2 nitrogen and oxygen atoms in total. The topological polar surface area (TPSA) is 52.0 Å². The predicted octanol–water partition coefficient (Wildman–Crippen LogP) is -1.19. The Kier molecular flexibility index (Phi) is 10.2. The molecule has 0 aromatic heterocycles. The molecule has 0 atom stereocenters. The third kappa shape index (κ3) is 33.5. The molecule has 0 rings (SSSR count). The number of hydrogen-bond acceptors (Lipinski definition) is 1. The Bertz CT molecular complexity index is 32.6. The molecule has 0 spiro atoms. The normalized spacial score (nSPS) is 4.80. The molecule has 0 saturated carbocycles. The first-order chi connectivity index (χ1) is 1.73. The summed E-state index contributed by atoms with van der Waals surface area (Å²) in [4.78, 5) is 0. The fourth-order valence-corrected chi connectivity index (χ4v) is 0. The van der Waals surface area contributed by atoms with Crippen LogP contribution in [-0.2, 0) is 0 Å². The van der Waals surface area contributed by atoms with E-state index in [1.807, 2.05) is 0 Å². The van der Waals surface area contributed by atoms with Gasteiger partial charge in [0.25, 0.3) is 0 Å². The maximum Gasteiger partial charge on any atom is 0.160 e. The van der Waals surface area contributed by atoms with Gasteiger partial charge in [0.1, 0.15) is 0 Å². The van der Waals surface area contributed by atoms with Crippen molar-refractivity contribution in [2.75, 3.05) is 0 Å². The molecule has 0 aromatic carbocycles. The maximum absolute atomic E-state index is 4.62. The first-order valence-electron chi connectivity index (χ1n) is 0.781. The van der Waals surface area contributed by atoms with Gasteiger partial charge in [-0.1, -0.05) is 0 Å². The van der Waals surface area contributed by atoms with Crippen molar-refractivity contribution in [2.24, 2.45) is 11.5 Å². The molecule has 0 unspecified atom stereocenters. The molecule has 5 heavy (non-hydrogen) atoms. The van der Waals surface area contributed by atoms with Crippen LogP contribution in [0.2, 0.25) is 0 Å². The van der Waals surface area contributed by atoms with E-state index in [0.29, 0.717) is 0 Å². The minimum absolute atomic E-state index is 0. The second-order valence-electron chi connectivity index (χ2n) is 0.402. The standard InChI is InChI=1S/CH4N2S.K/c2-1(3)4;/h(H4,2,3,4);. The third-order valence-electron chi connectivity index (χ3n) is 0. The average Bonchev–Trinajstić information content (AvgIpc) is 0.811. The van der Waals surface area contributed by atoms with Crippen molar-refractivity contribution >= 4 is 68.7 Å². The SMILES string of the molecule is NC(N)=S.[K]. The van der Waals surface area contributed by atoms with Gasteiger partial charge in [0.05, 0.1) is 0 Å². The van der Waals surface area contributed by atoms with Gasteiger partial charge in [0.15, 0.2) is 5.11 Å². The van der Waals surface area contributed by atoms with E-state index in [-0.39, 0.29) is 56.5 Å². The van der Waals surface area contributed by atoms with Crippen LogP contribution in [0.15, 0.2) is 0 Å². The number of nitrogens with two attached hydrogens (primary N) is 2. The van der Waals surface area contributed by atoms with Crippen molar-refractivity contribution in [1.29, 1.82) is 0 Å². The van der Waals surface area contributed by atoms with Crippen LogP contribution in [0, 0.1) is 0 Å². The van der Waals surface area contributed by atoms with Crippen LogP contribution in [0.5, 0.6) is 0 Å². The third-order valence-corrected chi connectivity index (χ3v) is 0. The quantitative estimate of drug-likeness (QED) is 0.308. The van der Waals surface area contributed by atoms with Crippen molar-refractivity contribution in [3.05, 3.63) is 0 Å². The summed E-state index contributed by atoms with van der Waals surface area (Å²) in [5.41, 5.74) is 9.24. The summed E-state index contributed by atoms with van der Waals surface area (Å²) >= 11 is 4.09. The van der Waals surface area contributed by atoms with E-state index in [1.165, 1.54) is 0 Å². The zero-order valence-corrected chi connectivity index (χ0v) is 7.00. The van der Waals surface area contributed by atoms with Gasteiger partial charge in [-0.3, -0.25) is 0 Å². The van der Waals surface area contributed by atoms with E-state index in [4.69, 9.17) is 0 Å². The summed E-state index contributed by atoms with van der Waals surface area (Å²) in [6.45, 7) is 0. The van der Waals surface area contributed by atoms with Crippen LogP contribution in [0.3, 0.4) is 0 Å². The van der Waals surface area contributed by atoms with Crippen molar-refractivity contribution in [1.82, 2.24) is 0 Å². The Balaban J connectivity index is 0. The van der Waals surface area contributed by atoms with E-state index in [0.717, 1.165) is 0 Å². The summed E-state index contributed by atoms with van der Waals surface area (Å²) in [5.74, 6) is 0. The van der Waals surface area contributed by atoms with Gasteiger partial charge in [0, 0.05) is 51.4 Å². The van der Waals surface area contributed by atoms with Gasteiger partial charge in [-0.25, -0.2) is 0 Å². The second-order valence-corrected chi connectivity index (χ2v) is 0.874. The minimum atomic E-state index is 0.